The van der Waals surface area contributed by atoms with Crippen LogP contribution in [0.3, 0.4) is 0 Å². The third-order valence-corrected chi connectivity index (χ3v) is 4.15. The predicted molar refractivity (Wildman–Crippen MR) is 73.1 cm³/mol. The number of hydrogen-bond donors (Lipinski definition) is 1. The minimum Gasteiger partial charge on any atom is -0.325 e. The number of hydrogen-bond acceptors (Lipinski definition) is 4. The van der Waals surface area contributed by atoms with Crippen molar-refractivity contribution in [1.82, 2.24) is 0 Å². The Balaban J connectivity index is 2.80. The number of halogens is 1. The Hall–Kier alpha value is -0.980. The summed E-state index contributed by atoms with van der Waals surface area (Å²) in [4.78, 5) is 10.0. The summed E-state index contributed by atoms with van der Waals surface area (Å²) < 4.78 is 11.8. The summed E-state index contributed by atoms with van der Waals surface area (Å²) in [5, 5.41) is 10.8. The first-order chi connectivity index (χ1) is 8.19. The van der Waals surface area contributed by atoms with Crippen molar-refractivity contribution in [2.75, 3.05) is 5.75 Å². The van der Waals surface area contributed by atoms with E-state index in [2.05, 4.69) is 0 Å². The van der Waals surface area contributed by atoms with E-state index in [1.807, 2.05) is 0 Å². The fraction of sp³-hybridized carbons (Fsp3) is 0.455. The maximum atomic E-state index is 11.8. The molecule has 2 N–H and O–H groups in total. The van der Waals surface area contributed by atoms with Crippen LogP contribution >= 0.6 is 11.6 Å². The van der Waals surface area contributed by atoms with Gasteiger partial charge in [-0.05, 0) is 25.5 Å². The van der Waals surface area contributed by atoms with E-state index in [4.69, 9.17) is 17.3 Å². The Morgan fingerprint density at radius 3 is 2.56 bits per heavy atom. The van der Waals surface area contributed by atoms with Gasteiger partial charge < -0.3 is 5.73 Å². The van der Waals surface area contributed by atoms with Crippen molar-refractivity contribution >= 4 is 28.1 Å². The highest BCUT2D eigenvalue weighted by Crippen LogP contribution is 2.23. The van der Waals surface area contributed by atoms with Gasteiger partial charge in [-0.3, -0.25) is 14.3 Å². The van der Waals surface area contributed by atoms with E-state index >= 15 is 0 Å². The molecular weight excluding hydrogens is 276 g/mol. The topological polar surface area (TPSA) is 86.2 Å². The van der Waals surface area contributed by atoms with Crippen molar-refractivity contribution < 1.29 is 9.13 Å². The van der Waals surface area contributed by atoms with Crippen LogP contribution in [0.15, 0.2) is 18.2 Å². The van der Waals surface area contributed by atoms with Gasteiger partial charge in [0.05, 0.1) is 15.7 Å². The molecule has 18 heavy (non-hydrogen) atoms. The van der Waals surface area contributed by atoms with Gasteiger partial charge in [-0.1, -0.05) is 11.6 Å². The van der Waals surface area contributed by atoms with Gasteiger partial charge >= 0.3 is 0 Å². The van der Waals surface area contributed by atoms with E-state index < -0.39 is 21.3 Å². The highest BCUT2D eigenvalue weighted by atomic mass is 35.5. The predicted octanol–water partition coefficient (Wildman–Crippen LogP) is 2.23. The highest BCUT2D eigenvalue weighted by Gasteiger charge is 2.17. The summed E-state index contributed by atoms with van der Waals surface area (Å²) in [5.74, 6) is 0.595. The first-order valence-electron chi connectivity index (χ1n) is 5.26. The average molecular weight is 291 g/mol. The Morgan fingerprint density at radius 1 is 1.50 bits per heavy atom. The second-order valence-corrected chi connectivity index (χ2v) is 6.61. The van der Waals surface area contributed by atoms with Crippen molar-refractivity contribution in [3.63, 3.8) is 0 Å². The Kier molecular flexibility index (Phi) is 4.84. The zero-order chi connectivity index (χ0) is 13.9. The van der Waals surface area contributed by atoms with Crippen LogP contribution in [0.1, 0.15) is 19.4 Å². The molecule has 0 radical (unpaired) electrons. The Morgan fingerprint density at radius 2 is 2.11 bits per heavy atom. The molecule has 0 bridgehead atoms. The molecule has 0 saturated heterocycles. The van der Waals surface area contributed by atoms with Crippen molar-refractivity contribution in [1.29, 1.82) is 0 Å². The molecular formula is C11H15ClN2O3S. The molecule has 100 valence electrons. The van der Waals surface area contributed by atoms with Gasteiger partial charge in [-0.2, -0.15) is 0 Å². The zero-order valence-corrected chi connectivity index (χ0v) is 11.8. The molecule has 0 aliphatic heterocycles. The van der Waals surface area contributed by atoms with E-state index in [1.54, 1.807) is 13.8 Å². The molecule has 7 heteroatoms. The van der Waals surface area contributed by atoms with E-state index in [-0.39, 0.29) is 16.5 Å². The molecule has 0 aliphatic rings. The maximum Gasteiger partial charge on any atom is 0.270 e. The van der Waals surface area contributed by atoms with E-state index in [0.29, 0.717) is 11.3 Å². The second kappa shape index (κ2) is 5.77. The van der Waals surface area contributed by atoms with Gasteiger partial charge in [0.25, 0.3) is 5.69 Å². The largest absolute Gasteiger partial charge is 0.325 e. The summed E-state index contributed by atoms with van der Waals surface area (Å²) in [5.41, 5.74) is 5.82. The van der Waals surface area contributed by atoms with Gasteiger partial charge in [0.15, 0.2) is 0 Å². The summed E-state index contributed by atoms with van der Waals surface area (Å²) >= 11 is 5.92. The number of nitro groups is 1. The smallest absolute Gasteiger partial charge is 0.270 e. The van der Waals surface area contributed by atoms with Crippen LogP contribution < -0.4 is 5.73 Å². The SMILES string of the molecule is CC(C)(N)CS(=O)Cc1ccc([N+](=O)[O-])cc1Cl. The van der Waals surface area contributed by atoms with Crippen molar-refractivity contribution in [2.24, 2.45) is 5.73 Å². The molecule has 1 unspecified atom stereocenters. The standard InChI is InChI=1S/C11H15ClN2O3S/c1-11(2,13)7-18(17)6-8-3-4-9(14(15)16)5-10(8)12/h3-5H,6-7,13H2,1-2H3. The second-order valence-electron chi connectivity index (χ2n) is 4.75. The molecule has 0 heterocycles. The number of nitrogens with zero attached hydrogens (tertiary/aromatic N) is 1. The summed E-state index contributed by atoms with van der Waals surface area (Å²) in [6, 6.07) is 4.15. The quantitative estimate of drug-likeness (QED) is 0.665. The number of rotatable bonds is 5. The van der Waals surface area contributed by atoms with Crippen LogP contribution in [0.25, 0.3) is 0 Å². The molecule has 0 aromatic heterocycles. The summed E-state index contributed by atoms with van der Waals surface area (Å²) in [6.45, 7) is 3.59. The fourth-order valence-electron chi connectivity index (χ4n) is 1.41. The minimum absolute atomic E-state index is 0.0753. The van der Waals surface area contributed by atoms with E-state index in [1.165, 1.54) is 18.2 Å². The summed E-state index contributed by atoms with van der Waals surface area (Å²) in [7, 11) is -1.15. The lowest BCUT2D eigenvalue weighted by Gasteiger charge is -2.17. The molecule has 0 spiro atoms. The normalized spacial score (nSPS) is 13.3. The van der Waals surface area contributed by atoms with Crippen molar-refractivity contribution in [3.8, 4) is 0 Å². The van der Waals surface area contributed by atoms with E-state index in [0.717, 1.165) is 0 Å². The first-order valence-corrected chi connectivity index (χ1v) is 7.12. The van der Waals surface area contributed by atoms with Gasteiger partial charge in [0, 0.05) is 34.2 Å². The van der Waals surface area contributed by atoms with Crippen LogP contribution in [0.2, 0.25) is 5.02 Å². The van der Waals surface area contributed by atoms with Crippen LogP contribution in [-0.2, 0) is 16.6 Å². The Bertz CT molecular complexity index is 486. The lowest BCUT2D eigenvalue weighted by atomic mass is 10.1. The van der Waals surface area contributed by atoms with Crippen LogP contribution in [0.4, 0.5) is 5.69 Å². The van der Waals surface area contributed by atoms with Gasteiger partial charge in [0.2, 0.25) is 0 Å². The first kappa shape index (κ1) is 15.1. The van der Waals surface area contributed by atoms with Gasteiger partial charge in [-0.25, -0.2) is 0 Å². The number of benzene rings is 1. The van der Waals surface area contributed by atoms with Gasteiger partial charge in [0.1, 0.15) is 0 Å². The molecule has 0 fully saturated rings. The Labute approximate surface area is 113 Å². The molecule has 0 saturated carbocycles. The minimum atomic E-state index is -1.15. The fourth-order valence-corrected chi connectivity index (χ4v) is 3.26. The number of nitro benzene ring substituents is 1. The van der Waals surface area contributed by atoms with Crippen LogP contribution in [-0.4, -0.2) is 20.4 Å². The number of nitrogens with two attached hydrogens (primary N) is 1. The molecule has 1 aromatic carbocycles. The average Bonchev–Trinajstić information content (AvgIpc) is 2.17. The maximum absolute atomic E-state index is 11.8. The zero-order valence-electron chi connectivity index (χ0n) is 10.2. The van der Waals surface area contributed by atoms with Crippen molar-refractivity contribution in [3.05, 3.63) is 38.9 Å². The lowest BCUT2D eigenvalue weighted by Crippen LogP contribution is -2.38. The third kappa shape index (κ3) is 4.72. The highest BCUT2D eigenvalue weighted by molar-refractivity contribution is 7.84. The molecule has 5 nitrogen and oxygen atoms in total. The molecule has 0 amide bonds. The molecule has 1 rings (SSSR count). The summed E-state index contributed by atoms with van der Waals surface area (Å²) in [6.07, 6.45) is 0. The monoisotopic (exact) mass is 290 g/mol. The van der Waals surface area contributed by atoms with Crippen molar-refractivity contribution in [2.45, 2.75) is 25.1 Å². The number of non-ortho nitro benzene ring substituents is 1. The molecule has 1 aromatic rings. The van der Waals surface area contributed by atoms with Gasteiger partial charge in [-0.15, -0.1) is 0 Å². The molecule has 1 atom stereocenters. The lowest BCUT2D eigenvalue weighted by molar-refractivity contribution is -0.384. The van der Waals surface area contributed by atoms with E-state index in [9.17, 15) is 14.3 Å². The van der Waals surface area contributed by atoms with Crippen LogP contribution in [0.5, 0.6) is 0 Å². The third-order valence-electron chi connectivity index (χ3n) is 2.10. The molecule has 0 aliphatic carbocycles. The van der Waals surface area contributed by atoms with Crippen LogP contribution in [0, 0.1) is 10.1 Å².